The average Bonchev–Trinajstić information content (AvgIpc) is 3.04. The molecular weight excluding hydrogens is 402 g/mol. The molecule has 0 aromatic carbocycles. The number of anilines is 1. The first-order chi connectivity index (χ1) is 14.4. The van der Waals surface area contributed by atoms with Gasteiger partial charge in [-0.25, -0.2) is 9.59 Å². The number of carbonyl (C=O) groups excluding carboxylic acids is 2. The molecule has 0 radical (unpaired) electrons. The van der Waals surface area contributed by atoms with Gasteiger partial charge in [0.25, 0.3) is 5.91 Å². The Morgan fingerprint density at radius 3 is 2.37 bits per heavy atom. The number of carboxylic acids is 1. The van der Waals surface area contributed by atoms with Crippen LogP contribution in [0.1, 0.15) is 103 Å². The van der Waals surface area contributed by atoms with Gasteiger partial charge in [-0.1, -0.05) is 58.3 Å². The Morgan fingerprint density at radius 2 is 1.70 bits per heavy atom. The first-order valence-electron chi connectivity index (χ1n) is 11.2. The summed E-state index contributed by atoms with van der Waals surface area (Å²) in [6, 6.07) is -0.301. The smallest absolute Gasteiger partial charge is 0.339 e. The van der Waals surface area contributed by atoms with E-state index in [1.54, 1.807) is 6.92 Å². The summed E-state index contributed by atoms with van der Waals surface area (Å²) in [4.78, 5) is 37.0. The van der Waals surface area contributed by atoms with Crippen molar-refractivity contribution in [3.05, 3.63) is 16.0 Å². The lowest BCUT2D eigenvalue weighted by Gasteiger charge is -2.22. The fraction of sp³-hybridized carbons (Fsp3) is 0.682. The topological polar surface area (TPSA) is 108 Å². The van der Waals surface area contributed by atoms with Gasteiger partial charge in [-0.2, -0.15) is 0 Å². The molecule has 0 spiro atoms. The predicted octanol–water partition coefficient (Wildman–Crippen LogP) is 5.30. The average molecular weight is 438 g/mol. The summed E-state index contributed by atoms with van der Waals surface area (Å²) in [6.45, 7) is 4.34. The molecular formula is C22H35N3O4S. The lowest BCUT2D eigenvalue weighted by Crippen LogP contribution is -2.36. The Balaban J connectivity index is 1.93. The van der Waals surface area contributed by atoms with Crippen molar-refractivity contribution in [1.82, 2.24) is 10.6 Å². The van der Waals surface area contributed by atoms with E-state index >= 15 is 0 Å². The van der Waals surface area contributed by atoms with E-state index in [1.165, 1.54) is 25.7 Å². The Hall–Kier alpha value is -2.09. The molecule has 0 saturated heterocycles. The van der Waals surface area contributed by atoms with Crippen LogP contribution in [0.25, 0.3) is 0 Å². The zero-order valence-corrected chi connectivity index (χ0v) is 19.0. The number of unbranched alkanes of at least 4 members (excludes halogenated alkanes) is 5. The van der Waals surface area contributed by atoms with Crippen molar-refractivity contribution < 1.29 is 19.5 Å². The van der Waals surface area contributed by atoms with Crippen LogP contribution in [0, 0.1) is 6.92 Å². The molecule has 2 rings (SSSR count). The van der Waals surface area contributed by atoms with Crippen molar-refractivity contribution in [2.24, 2.45) is 0 Å². The molecule has 1 aliphatic rings. The summed E-state index contributed by atoms with van der Waals surface area (Å²) in [6.07, 6.45) is 12.0. The van der Waals surface area contributed by atoms with E-state index in [0.29, 0.717) is 17.0 Å². The van der Waals surface area contributed by atoms with Crippen LogP contribution >= 0.6 is 11.3 Å². The van der Waals surface area contributed by atoms with E-state index in [-0.39, 0.29) is 22.5 Å². The van der Waals surface area contributed by atoms with Gasteiger partial charge in [-0.3, -0.25) is 10.1 Å². The highest BCUT2D eigenvalue weighted by atomic mass is 32.1. The van der Waals surface area contributed by atoms with E-state index in [4.69, 9.17) is 0 Å². The van der Waals surface area contributed by atoms with Gasteiger partial charge in [0, 0.05) is 12.6 Å². The molecule has 8 heteroatoms. The van der Waals surface area contributed by atoms with Crippen LogP contribution in [-0.2, 0) is 0 Å². The zero-order valence-electron chi connectivity index (χ0n) is 18.1. The Morgan fingerprint density at radius 1 is 1.03 bits per heavy atom. The van der Waals surface area contributed by atoms with Crippen molar-refractivity contribution in [2.45, 2.75) is 90.5 Å². The first-order valence-corrected chi connectivity index (χ1v) is 12.0. The zero-order chi connectivity index (χ0) is 21.9. The maximum atomic E-state index is 12.7. The number of nitrogens with one attached hydrogen (secondary N) is 3. The number of rotatable bonds is 11. The maximum absolute atomic E-state index is 12.7. The second-order valence-corrected chi connectivity index (χ2v) is 9.04. The van der Waals surface area contributed by atoms with Crippen LogP contribution in [0.5, 0.6) is 0 Å². The molecule has 1 saturated carbocycles. The van der Waals surface area contributed by atoms with Crippen molar-refractivity contribution in [2.75, 3.05) is 11.9 Å². The van der Waals surface area contributed by atoms with Gasteiger partial charge in [0.15, 0.2) is 0 Å². The van der Waals surface area contributed by atoms with Crippen LogP contribution in [0.4, 0.5) is 9.80 Å². The van der Waals surface area contributed by atoms with Gasteiger partial charge in [-0.05, 0) is 31.7 Å². The molecule has 1 heterocycles. The molecule has 7 nitrogen and oxygen atoms in total. The van der Waals surface area contributed by atoms with Crippen LogP contribution in [0.3, 0.4) is 0 Å². The molecule has 1 aromatic rings. The summed E-state index contributed by atoms with van der Waals surface area (Å²) in [7, 11) is 0. The van der Waals surface area contributed by atoms with Gasteiger partial charge in [0.2, 0.25) is 0 Å². The normalized spacial score (nSPS) is 14.3. The quantitative estimate of drug-likeness (QED) is 0.352. The van der Waals surface area contributed by atoms with Crippen LogP contribution < -0.4 is 16.0 Å². The minimum absolute atomic E-state index is 0.0106. The third-order valence-corrected chi connectivity index (χ3v) is 6.76. The Labute approximate surface area is 183 Å². The van der Waals surface area contributed by atoms with Gasteiger partial charge in [0.05, 0.1) is 10.4 Å². The monoisotopic (exact) mass is 437 g/mol. The number of carboxylic acid groups (broad SMARTS) is 1. The van der Waals surface area contributed by atoms with Gasteiger partial charge >= 0.3 is 12.0 Å². The second kappa shape index (κ2) is 12.6. The highest BCUT2D eigenvalue weighted by Gasteiger charge is 2.26. The number of aromatic carboxylic acids is 1. The van der Waals surface area contributed by atoms with Gasteiger partial charge in [-0.15, -0.1) is 11.3 Å². The molecule has 0 unspecified atom stereocenters. The summed E-state index contributed by atoms with van der Waals surface area (Å²) in [5.41, 5.74) is 0.385. The van der Waals surface area contributed by atoms with Crippen molar-refractivity contribution >= 4 is 34.2 Å². The third-order valence-electron chi connectivity index (χ3n) is 5.55. The highest BCUT2D eigenvalue weighted by Crippen LogP contribution is 2.33. The van der Waals surface area contributed by atoms with Gasteiger partial charge < -0.3 is 15.7 Å². The summed E-state index contributed by atoms with van der Waals surface area (Å²) in [5.74, 6) is -1.40. The molecule has 30 heavy (non-hydrogen) atoms. The fourth-order valence-electron chi connectivity index (χ4n) is 3.83. The third kappa shape index (κ3) is 7.31. The Kier molecular flexibility index (Phi) is 10.1. The Bertz CT molecular complexity index is 726. The molecule has 0 atom stereocenters. The van der Waals surface area contributed by atoms with E-state index in [1.807, 2.05) is 0 Å². The van der Waals surface area contributed by atoms with E-state index in [2.05, 4.69) is 22.9 Å². The van der Waals surface area contributed by atoms with Crippen molar-refractivity contribution in [1.29, 1.82) is 0 Å². The molecule has 0 bridgehead atoms. The molecule has 1 fully saturated rings. The summed E-state index contributed by atoms with van der Waals surface area (Å²) < 4.78 is 0. The predicted molar refractivity (Wildman–Crippen MR) is 121 cm³/mol. The molecule has 4 N–H and O–H groups in total. The van der Waals surface area contributed by atoms with Gasteiger partial charge in [0.1, 0.15) is 5.00 Å². The number of hydrogen-bond donors (Lipinski definition) is 4. The number of urea groups is 1. The van der Waals surface area contributed by atoms with E-state index in [9.17, 15) is 19.5 Å². The van der Waals surface area contributed by atoms with Crippen molar-refractivity contribution in [3.8, 4) is 0 Å². The second-order valence-electron chi connectivity index (χ2n) is 8.02. The molecule has 3 amide bonds. The lowest BCUT2D eigenvalue weighted by atomic mass is 9.95. The number of thiophene rings is 1. The molecule has 168 valence electrons. The molecule has 0 aliphatic heterocycles. The number of carbonyl (C=O) groups is 3. The van der Waals surface area contributed by atoms with Crippen molar-refractivity contribution in [3.63, 3.8) is 0 Å². The first kappa shape index (κ1) is 24.2. The van der Waals surface area contributed by atoms with Crippen LogP contribution in [-0.4, -0.2) is 35.6 Å². The number of hydrogen-bond acceptors (Lipinski definition) is 4. The highest BCUT2D eigenvalue weighted by molar-refractivity contribution is 7.18. The maximum Gasteiger partial charge on any atom is 0.339 e. The SMILES string of the molecule is CCCCCCCCNC(=O)Nc1sc(C(=O)NC2CCCCC2)c(C)c1C(=O)O. The molecule has 1 aliphatic carbocycles. The fourth-order valence-corrected chi connectivity index (χ4v) is 4.93. The molecule has 1 aromatic heterocycles. The standard InChI is InChI=1S/C22H35N3O4S/c1-3-4-5-6-7-11-14-23-22(29)25-20-17(21(27)28)15(2)18(30-20)19(26)24-16-12-9-8-10-13-16/h16H,3-14H2,1-2H3,(H,24,26)(H,27,28)(H2,23,25,29). The minimum atomic E-state index is -1.15. The lowest BCUT2D eigenvalue weighted by molar-refractivity contribution is 0.0697. The van der Waals surface area contributed by atoms with Crippen LogP contribution in [0.15, 0.2) is 0 Å². The van der Waals surface area contributed by atoms with Crippen LogP contribution in [0.2, 0.25) is 0 Å². The minimum Gasteiger partial charge on any atom is -0.478 e. The van der Waals surface area contributed by atoms with E-state index < -0.39 is 12.0 Å². The number of amides is 3. The largest absolute Gasteiger partial charge is 0.478 e. The van der Waals surface area contributed by atoms with E-state index in [0.717, 1.165) is 56.3 Å². The summed E-state index contributed by atoms with van der Waals surface area (Å²) in [5, 5.41) is 18.2. The summed E-state index contributed by atoms with van der Waals surface area (Å²) >= 11 is 1.03.